The van der Waals surface area contributed by atoms with Gasteiger partial charge < -0.3 is 93.9 Å². The van der Waals surface area contributed by atoms with Crippen molar-refractivity contribution < 1.29 is 104 Å². The number of carbonyl (C=O) groups is 10. The number of aromatic nitrogens is 2. The maximum atomic E-state index is 15.5. The predicted molar refractivity (Wildman–Crippen MR) is 386 cm³/mol. The van der Waals surface area contributed by atoms with Gasteiger partial charge in [-0.1, -0.05) is 37.3 Å². The van der Waals surface area contributed by atoms with Crippen LogP contribution in [0.5, 0.6) is 0 Å². The second-order valence-corrected chi connectivity index (χ2v) is 27.2. The lowest BCUT2D eigenvalue weighted by atomic mass is 9.81. The molecule has 6 aliphatic rings. The summed E-state index contributed by atoms with van der Waals surface area (Å²) in [6.45, 7) is 8.13. The van der Waals surface area contributed by atoms with E-state index in [1.807, 2.05) is 13.0 Å². The highest BCUT2D eigenvalue weighted by Gasteiger charge is 2.52. The van der Waals surface area contributed by atoms with Crippen molar-refractivity contribution in [1.29, 1.82) is 0 Å². The molecule has 0 spiro atoms. The number of esters is 1. The maximum absolute atomic E-state index is 15.5. The molecule has 109 heavy (non-hydrogen) atoms. The van der Waals surface area contributed by atoms with Crippen LogP contribution in [0, 0.1) is 24.6 Å². The standard InChI is InChI=1S/C76H99FN10O22/c1-3-52-54-38-61-70-55(44-86(61)73(96)56(54)45-108-74(52)97)69-58(14-13-53-48(2)57(77)39-59(84-70)68(53)69)85-75(98)76(17-18-76)109-47-82-63(89)41-81-72(95)60(37-49-7-5-4-6-8-49)83-64(90)42-79-62(88)40-80-65(91)46-107-36-35-106-34-33-105-32-31-104-30-29-103-28-27-102-26-25-101-24-23-100-22-21-99-20-19-78-71(94)51-11-9-50(10-12-51)43-87-66(92)15-16-67(87)93/h4-8,15-16,38-39,50-52,58,60H,3,9-14,17-37,40-47H2,1-2H3,(H,78,94)(H,79,88)(H,80,91)(H,81,95)(H,82,89)(H,83,90)(H,85,98)/t50?,51?,52-,58+,60+/m1/s1. The zero-order valence-corrected chi connectivity index (χ0v) is 61.7. The molecular weight excluding hydrogens is 1420 g/mol. The number of nitrogens with one attached hydrogen (secondary N) is 7. The second-order valence-electron chi connectivity index (χ2n) is 27.2. The Hall–Kier alpha value is -9.03. The molecule has 4 aromatic rings. The van der Waals surface area contributed by atoms with E-state index in [0.29, 0.717) is 188 Å². The van der Waals surface area contributed by atoms with E-state index in [-0.39, 0.29) is 87.8 Å². The van der Waals surface area contributed by atoms with Gasteiger partial charge in [0, 0.05) is 54.6 Å². The fourth-order valence-electron chi connectivity index (χ4n) is 13.7. The third-order valence-electron chi connectivity index (χ3n) is 19.8. The number of hydrogen-bond acceptors (Lipinski definition) is 23. The van der Waals surface area contributed by atoms with Crippen LogP contribution in [0.25, 0.3) is 22.3 Å². The Morgan fingerprint density at radius 2 is 1.21 bits per heavy atom. The number of ether oxygens (including phenoxy) is 11. The molecule has 2 saturated carbocycles. The molecular formula is C76H99FN10O22. The van der Waals surface area contributed by atoms with E-state index < -0.39 is 90.5 Å². The number of imide groups is 1. The number of benzene rings is 2. The van der Waals surface area contributed by atoms with Crippen LogP contribution in [0.2, 0.25) is 0 Å². The lowest BCUT2D eigenvalue weighted by molar-refractivity contribution is -0.148. The summed E-state index contributed by atoms with van der Waals surface area (Å²) in [6.07, 6.45) is 7.66. The molecule has 3 aliphatic heterocycles. The van der Waals surface area contributed by atoms with Crippen LogP contribution in [-0.4, -0.2) is 244 Å². The summed E-state index contributed by atoms with van der Waals surface area (Å²) in [7, 11) is 0. The quantitative estimate of drug-likeness (QED) is 0.0125. The number of pyridine rings is 2. The Morgan fingerprint density at radius 3 is 1.82 bits per heavy atom. The number of rotatable bonds is 48. The molecule has 2 aromatic carbocycles. The van der Waals surface area contributed by atoms with Gasteiger partial charge in [-0.3, -0.25) is 57.6 Å². The van der Waals surface area contributed by atoms with E-state index in [1.54, 1.807) is 41.8 Å². The number of aryl methyl sites for hydroxylation is 1. The second kappa shape index (κ2) is 41.7. The highest BCUT2D eigenvalue weighted by molar-refractivity contribution is 6.13. The molecule has 0 radical (unpaired) electrons. The molecule has 2 aromatic heterocycles. The zero-order valence-electron chi connectivity index (χ0n) is 61.7. The smallest absolute Gasteiger partial charge is 0.313 e. The van der Waals surface area contributed by atoms with Gasteiger partial charge in [0.1, 0.15) is 37.4 Å². The van der Waals surface area contributed by atoms with E-state index >= 15 is 4.39 Å². The molecule has 0 unspecified atom stereocenters. The highest BCUT2D eigenvalue weighted by Crippen LogP contribution is 2.47. The van der Waals surface area contributed by atoms with Crippen molar-refractivity contribution in [3.05, 3.63) is 110 Å². The lowest BCUT2D eigenvalue weighted by Gasteiger charge is -2.31. The molecule has 592 valence electrons. The van der Waals surface area contributed by atoms with Crippen LogP contribution in [0.3, 0.4) is 0 Å². The Labute approximate surface area is 629 Å². The minimum absolute atomic E-state index is 0.00710. The Bertz CT molecular complexity index is 3940. The van der Waals surface area contributed by atoms with Crippen molar-refractivity contribution in [2.24, 2.45) is 11.8 Å². The molecule has 0 saturated heterocycles. The summed E-state index contributed by atoms with van der Waals surface area (Å²) < 4.78 is 78.0. The van der Waals surface area contributed by atoms with Crippen LogP contribution in [0.1, 0.15) is 109 Å². The van der Waals surface area contributed by atoms with Crippen LogP contribution in [0.15, 0.2) is 59.4 Å². The first-order valence-corrected chi connectivity index (χ1v) is 37.4. The highest BCUT2D eigenvalue weighted by atomic mass is 19.1. The lowest BCUT2D eigenvalue weighted by Crippen LogP contribution is -2.52. The molecule has 7 N–H and O–H groups in total. The van der Waals surface area contributed by atoms with Gasteiger partial charge in [0.25, 0.3) is 23.3 Å². The van der Waals surface area contributed by atoms with Crippen molar-refractivity contribution in [1.82, 2.24) is 51.7 Å². The summed E-state index contributed by atoms with van der Waals surface area (Å²) in [5.74, 6) is -5.59. The minimum Gasteiger partial charge on any atom is -0.460 e. The first-order chi connectivity index (χ1) is 52.9. The van der Waals surface area contributed by atoms with Crippen LogP contribution in [-0.2, 0) is 126 Å². The number of nitrogens with zero attached hydrogens (tertiary/aromatic N) is 3. The fraction of sp³-hybridized carbons (Fsp3) is 0.579. The van der Waals surface area contributed by atoms with Crippen LogP contribution < -0.4 is 42.8 Å². The van der Waals surface area contributed by atoms with Gasteiger partial charge in [-0.15, -0.1) is 0 Å². The summed E-state index contributed by atoms with van der Waals surface area (Å²) in [6, 6.07) is 10.2. The SMILES string of the molecule is CC[C@H]1C(=O)OCc2c1cc1n(c2=O)Cc2c-1nc1cc(F)c(C)c3c1c2[C@@H](NC(=O)C1(OCNC(=O)CNC(=O)[C@H](Cc2ccccc2)NC(=O)CNC(=O)CNC(=O)COCCOCCOCCOCCOCCOCCOCCOCCOCCNC(=O)C2CCC(CN4C(=O)C=CC4=O)CC2)CC1)CC3. The predicted octanol–water partition coefficient (Wildman–Crippen LogP) is 1.22. The van der Waals surface area contributed by atoms with Gasteiger partial charge >= 0.3 is 5.97 Å². The first kappa shape index (κ1) is 82.5. The van der Waals surface area contributed by atoms with E-state index in [1.165, 1.54) is 23.1 Å². The zero-order chi connectivity index (χ0) is 77.1. The number of cyclic esters (lactones) is 1. The number of amides is 9. The van der Waals surface area contributed by atoms with Gasteiger partial charge in [-0.25, -0.2) is 9.37 Å². The van der Waals surface area contributed by atoms with Crippen molar-refractivity contribution in [2.45, 2.75) is 115 Å². The van der Waals surface area contributed by atoms with Crippen molar-refractivity contribution in [3.8, 4) is 11.4 Å². The molecule has 9 amide bonds. The van der Waals surface area contributed by atoms with Gasteiger partial charge in [0.15, 0.2) is 0 Å². The third-order valence-corrected chi connectivity index (χ3v) is 19.8. The molecule has 0 bridgehead atoms. The monoisotopic (exact) mass is 1520 g/mol. The maximum Gasteiger partial charge on any atom is 0.313 e. The fourth-order valence-corrected chi connectivity index (χ4v) is 13.7. The summed E-state index contributed by atoms with van der Waals surface area (Å²) >= 11 is 0. The van der Waals surface area contributed by atoms with Crippen LogP contribution in [0.4, 0.5) is 4.39 Å². The van der Waals surface area contributed by atoms with E-state index in [9.17, 15) is 52.7 Å². The van der Waals surface area contributed by atoms with Crippen LogP contribution >= 0.6 is 0 Å². The molecule has 2 fully saturated rings. The largest absolute Gasteiger partial charge is 0.460 e. The van der Waals surface area contributed by atoms with E-state index in [2.05, 4.69) is 37.2 Å². The molecule has 10 rings (SSSR count). The molecule has 32 nitrogen and oxygen atoms in total. The number of hydrogen-bond donors (Lipinski definition) is 7. The topological polar surface area (TPSA) is 395 Å². The molecule has 3 aliphatic carbocycles. The van der Waals surface area contributed by atoms with Gasteiger partial charge in [0.2, 0.25) is 35.4 Å². The van der Waals surface area contributed by atoms with Crippen molar-refractivity contribution >= 4 is 70.0 Å². The summed E-state index contributed by atoms with van der Waals surface area (Å²) in [4.78, 5) is 148. The first-order valence-electron chi connectivity index (χ1n) is 37.4. The minimum atomic E-state index is -1.28. The Balaban J connectivity index is 0.506. The third kappa shape index (κ3) is 23.5. The number of carbonyl (C=O) groups excluding carboxylic acids is 10. The average Bonchev–Trinajstić information content (AvgIpc) is 1.61. The molecule has 5 heterocycles. The molecule has 3 atom stereocenters. The number of fused-ring (bicyclic) bond motifs is 5. The average molecular weight is 1520 g/mol. The summed E-state index contributed by atoms with van der Waals surface area (Å²) in [5, 5.41) is 19.4. The molecule has 33 heteroatoms. The van der Waals surface area contributed by atoms with E-state index in [4.69, 9.17) is 57.1 Å². The Kier molecular flexibility index (Phi) is 31.5. The van der Waals surface area contributed by atoms with Gasteiger partial charge in [0.05, 0.1) is 173 Å². The van der Waals surface area contributed by atoms with Crippen molar-refractivity contribution in [2.75, 3.05) is 158 Å². The van der Waals surface area contributed by atoms with Gasteiger partial charge in [-0.05, 0) is 105 Å². The van der Waals surface area contributed by atoms with Crippen molar-refractivity contribution in [3.63, 3.8) is 0 Å². The van der Waals surface area contributed by atoms with Gasteiger partial charge in [-0.2, -0.15) is 0 Å². The normalized spacial score (nSPS) is 18.1. The Morgan fingerprint density at radius 1 is 0.642 bits per heavy atom. The number of halogens is 1. The van der Waals surface area contributed by atoms with E-state index in [0.717, 1.165) is 36.8 Å². The summed E-state index contributed by atoms with van der Waals surface area (Å²) in [5.41, 5.74) is 4.13.